The summed E-state index contributed by atoms with van der Waals surface area (Å²) in [6, 6.07) is 0. The SMILES string of the molecule is CCOC(=O)N1CCC[N+]2=C1CCC2. The van der Waals surface area contributed by atoms with Crippen LogP contribution in [0.5, 0.6) is 0 Å². The molecule has 0 aromatic heterocycles. The molecule has 0 atom stereocenters. The summed E-state index contributed by atoms with van der Waals surface area (Å²) < 4.78 is 7.33. The highest BCUT2D eigenvalue weighted by Gasteiger charge is 2.36. The minimum atomic E-state index is -0.172. The molecule has 4 nitrogen and oxygen atoms in total. The van der Waals surface area contributed by atoms with Gasteiger partial charge in [-0.3, -0.25) is 4.58 Å². The molecule has 0 radical (unpaired) electrons. The second-order valence-corrected chi connectivity index (χ2v) is 3.71. The van der Waals surface area contributed by atoms with Gasteiger partial charge in [-0.15, -0.1) is 0 Å². The van der Waals surface area contributed by atoms with Crippen LogP contribution in [0.1, 0.15) is 26.2 Å². The first-order valence-corrected chi connectivity index (χ1v) is 5.38. The number of carbonyl (C=O) groups excluding carboxylic acids is 1. The zero-order valence-electron chi connectivity index (χ0n) is 8.66. The van der Waals surface area contributed by atoms with Gasteiger partial charge >= 0.3 is 6.09 Å². The van der Waals surface area contributed by atoms with Gasteiger partial charge < -0.3 is 4.74 Å². The van der Waals surface area contributed by atoms with Gasteiger partial charge in [-0.1, -0.05) is 0 Å². The fourth-order valence-corrected chi connectivity index (χ4v) is 2.21. The summed E-state index contributed by atoms with van der Waals surface area (Å²) in [5.41, 5.74) is 0. The monoisotopic (exact) mass is 197 g/mol. The third-order valence-corrected chi connectivity index (χ3v) is 2.80. The van der Waals surface area contributed by atoms with Crippen LogP contribution in [0.25, 0.3) is 0 Å². The van der Waals surface area contributed by atoms with E-state index in [1.165, 1.54) is 12.3 Å². The third-order valence-electron chi connectivity index (χ3n) is 2.80. The number of amides is 1. The summed E-state index contributed by atoms with van der Waals surface area (Å²) in [7, 11) is 0. The van der Waals surface area contributed by atoms with Crippen LogP contribution in [0.2, 0.25) is 0 Å². The Balaban J connectivity index is 2.11. The highest BCUT2D eigenvalue weighted by molar-refractivity contribution is 5.93. The lowest BCUT2D eigenvalue weighted by molar-refractivity contribution is -0.529. The van der Waals surface area contributed by atoms with Crippen LogP contribution >= 0.6 is 0 Å². The number of rotatable bonds is 1. The molecule has 14 heavy (non-hydrogen) atoms. The standard InChI is InChI=1S/C10H17N2O2/c1-2-14-10(13)12-8-4-7-11-6-3-5-9(11)12/h2-8H2,1H3/q+1. The molecule has 2 aliphatic heterocycles. The van der Waals surface area contributed by atoms with Gasteiger partial charge in [0, 0.05) is 6.42 Å². The van der Waals surface area contributed by atoms with Crippen LogP contribution in [0, 0.1) is 0 Å². The van der Waals surface area contributed by atoms with Crippen molar-refractivity contribution in [3.8, 4) is 0 Å². The van der Waals surface area contributed by atoms with E-state index in [1.807, 2.05) is 6.92 Å². The first-order valence-electron chi connectivity index (χ1n) is 5.38. The van der Waals surface area contributed by atoms with E-state index in [1.54, 1.807) is 4.90 Å². The summed E-state index contributed by atoms with van der Waals surface area (Å²) >= 11 is 0. The summed E-state index contributed by atoms with van der Waals surface area (Å²) in [5.74, 6) is 1.18. The van der Waals surface area contributed by atoms with E-state index in [0.29, 0.717) is 6.61 Å². The van der Waals surface area contributed by atoms with Crippen LogP contribution in [-0.2, 0) is 4.74 Å². The fourth-order valence-electron chi connectivity index (χ4n) is 2.21. The highest BCUT2D eigenvalue weighted by atomic mass is 16.6. The van der Waals surface area contributed by atoms with Crippen molar-refractivity contribution in [2.75, 3.05) is 26.2 Å². The molecule has 0 bridgehead atoms. The molecule has 1 amide bonds. The molecule has 2 heterocycles. The van der Waals surface area contributed by atoms with Crippen molar-refractivity contribution in [2.45, 2.75) is 26.2 Å². The van der Waals surface area contributed by atoms with E-state index in [9.17, 15) is 4.79 Å². The van der Waals surface area contributed by atoms with Crippen molar-refractivity contribution >= 4 is 11.9 Å². The molecular weight excluding hydrogens is 180 g/mol. The minimum Gasteiger partial charge on any atom is -0.432 e. The van der Waals surface area contributed by atoms with Gasteiger partial charge in [-0.25, -0.2) is 0 Å². The molecule has 2 aliphatic rings. The molecule has 2 rings (SSSR count). The summed E-state index contributed by atoms with van der Waals surface area (Å²) in [4.78, 5) is 13.4. The quantitative estimate of drug-likeness (QED) is 0.589. The Kier molecular flexibility index (Phi) is 2.70. The maximum absolute atomic E-state index is 11.6. The zero-order valence-corrected chi connectivity index (χ0v) is 8.66. The Morgan fingerprint density at radius 3 is 3.07 bits per heavy atom. The summed E-state index contributed by atoms with van der Waals surface area (Å²) in [6.07, 6.45) is 3.08. The van der Waals surface area contributed by atoms with Gasteiger partial charge in [0.05, 0.1) is 26.1 Å². The fraction of sp³-hybridized carbons (Fsp3) is 0.800. The Labute approximate surface area is 84.2 Å². The van der Waals surface area contributed by atoms with E-state index in [2.05, 4.69) is 4.58 Å². The lowest BCUT2D eigenvalue weighted by Crippen LogP contribution is -2.45. The van der Waals surface area contributed by atoms with Gasteiger partial charge in [0.1, 0.15) is 6.54 Å². The lowest BCUT2D eigenvalue weighted by Gasteiger charge is -2.20. The van der Waals surface area contributed by atoms with E-state index >= 15 is 0 Å². The highest BCUT2D eigenvalue weighted by Crippen LogP contribution is 2.15. The van der Waals surface area contributed by atoms with Crippen molar-refractivity contribution in [2.24, 2.45) is 0 Å². The molecule has 0 aromatic carbocycles. The largest absolute Gasteiger partial charge is 0.506 e. The van der Waals surface area contributed by atoms with Gasteiger partial charge in [0.15, 0.2) is 0 Å². The number of carbonyl (C=O) groups is 1. The van der Waals surface area contributed by atoms with E-state index in [0.717, 1.165) is 32.5 Å². The van der Waals surface area contributed by atoms with Gasteiger partial charge in [0.2, 0.25) is 0 Å². The van der Waals surface area contributed by atoms with E-state index < -0.39 is 0 Å². The van der Waals surface area contributed by atoms with Gasteiger partial charge in [0.25, 0.3) is 5.84 Å². The third kappa shape index (κ3) is 1.61. The minimum absolute atomic E-state index is 0.172. The van der Waals surface area contributed by atoms with Crippen LogP contribution in [0.15, 0.2) is 0 Å². The predicted molar refractivity (Wildman–Crippen MR) is 52.6 cm³/mol. The molecule has 4 heteroatoms. The number of hydrogen-bond acceptors (Lipinski definition) is 2. The second kappa shape index (κ2) is 3.98. The van der Waals surface area contributed by atoms with E-state index in [4.69, 9.17) is 4.74 Å². The molecule has 0 unspecified atom stereocenters. The normalized spacial score (nSPS) is 21.1. The first-order chi connectivity index (χ1) is 6.83. The Hall–Kier alpha value is -1.06. The molecule has 0 saturated carbocycles. The second-order valence-electron chi connectivity index (χ2n) is 3.71. The smallest absolute Gasteiger partial charge is 0.432 e. The Morgan fingerprint density at radius 2 is 2.29 bits per heavy atom. The van der Waals surface area contributed by atoms with Crippen LogP contribution in [0.3, 0.4) is 0 Å². The Morgan fingerprint density at radius 1 is 1.50 bits per heavy atom. The molecule has 0 saturated heterocycles. The molecule has 0 spiro atoms. The molecular formula is C10H17N2O2+. The number of nitrogens with zero attached hydrogens (tertiary/aromatic N) is 2. The summed E-state index contributed by atoms with van der Waals surface area (Å²) in [5, 5.41) is 0. The average molecular weight is 197 g/mol. The number of ether oxygens (including phenoxy) is 1. The average Bonchev–Trinajstić information content (AvgIpc) is 2.65. The van der Waals surface area contributed by atoms with Crippen LogP contribution in [0.4, 0.5) is 4.79 Å². The number of hydrogen-bond donors (Lipinski definition) is 0. The molecule has 78 valence electrons. The van der Waals surface area contributed by atoms with E-state index in [-0.39, 0.29) is 6.09 Å². The molecule has 0 aromatic rings. The topological polar surface area (TPSA) is 32.5 Å². The van der Waals surface area contributed by atoms with Gasteiger partial charge in [-0.05, 0) is 13.3 Å². The Bertz CT molecular complexity index is 273. The molecule has 0 N–H and O–H groups in total. The van der Waals surface area contributed by atoms with Crippen LogP contribution in [-0.4, -0.2) is 47.6 Å². The van der Waals surface area contributed by atoms with Crippen molar-refractivity contribution in [1.82, 2.24) is 4.90 Å². The maximum atomic E-state index is 11.6. The van der Waals surface area contributed by atoms with Crippen LogP contribution < -0.4 is 0 Å². The predicted octanol–water partition coefficient (Wildman–Crippen LogP) is 1.05. The van der Waals surface area contributed by atoms with Crippen molar-refractivity contribution in [1.29, 1.82) is 0 Å². The lowest BCUT2D eigenvalue weighted by atomic mass is 10.3. The molecule has 0 aliphatic carbocycles. The van der Waals surface area contributed by atoms with Crippen molar-refractivity contribution in [3.63, 3.8) is 0 Å². The maximum Gasteiger partial charge on any atom is 0.506 e. The van der Waals surface area contributed by atoms with Crippen molar-refractivity contribution in [3.05, 3.63) is 0 Å². The summed E-state index contributed by atoms with van der Waals surface area (Å²) in [6.45, 7) is 5.34. The zero-order chi connectivity index (χ0) is 9.97. The van der Waals surface area contributed by atoms with Crippen molar-refractivity contribution < 1.29 is 14.1 Å². The number of amidine groups is 1. The molecule has 0 fully saturated rings. The first kappa shape index (κ1) is 9.49. The van der Waals surface area contributed by atoms with Gasteiger partial charge in [-0.2, -0.15) is 9.69 Å².